The fraction of sp³-hybridized carbons (Fsp3) is 0.474. The van der Waals surface area contributed by atoms with Gasteiger partial charge in [0.2, 0.25) is 0 Å². The van der Waals surface area contributed by atoms with Crippen LogP contribution in [0.4, 0.5) is 0 Å². The van der Waals surface area contributed by atoms with Gasteiger partial charge in [0.1, 0.15) is 0 Å². The average molecular weight is 282 g/mol. The molecule has 0 aliphatic heterocycles. The molecule has 0 fully saturated rings. The average Bonchev–Trinajstić information content (AvgIpc) is 2.48. The van der Waals surface area contributed by atoms with Gasteiger partial charge in [-0.05, 0) is 36.8 Å². The van der Waals surface area contributed by atoms with Crippen molar-refractivity contribution in [2.75, 3.05) is 0 Å². The number of hydrogen-bond donors (Lipinski definition) is 0. The summed E-state index contributed by atoms with van der Waals surface area (Å²) in [6, 6.07) is 8.70. The second-order valence-corrected chi connectivity index (χ2v) is 6.04. The SMILES string of the molecule is CCCCCc1ccc(-c2ncc(C(C)C)c(C)n2)cc1. The fourth-order valence-electron chi connectivity index (χ4n) is 2.58. The lowest BCUT2D eigenvalue weighted by molar-refractivity contribution is 0.717. The molecule has 0 saturated carbocycles. The minimum Gasteiger partial charge on any atom is -0.236 e. The quantitative estimate of drug-likeness (QED) is 0.671. The summed E-state index contributed by atoms with van der Waals surface area (Å²) in [6.45, 7) is 8.66. The molecule has 0 bridgehead atoms. The Hall–Kier alpha value is -1.70. The molecule has 0 amide bonds. The van der Waals surface area contributed by atoms with Crippen LogP contribution in [0.25, 0.3) is 11.4 Å². The molecule has 1 aromatic carbocycles. The van der Waals surface area contributed by atoms with E-state index in [2.05, 4.69) is 61.9 Å². The van der Waals surface area contributed by atoms with Crippen LogP contribution in [0.15, 0.2) is 30.5 Å². The number of aromatic nitrogens is 2. The lowest BCUT2D eigenvalue weighted by atomic mass is 10.0. The highest BCUT2D eigenvalue weighted by Crippen LogP contribution is 2.21. The third-order valence-corrected chi connectivity index (χ3v) is 3.92. The first kappa shape index (κ1) is 15.7. The summed E-state index contributed by atoms with van der Waals surface area (Å²) in [6.07, 6.45) is 6.99. The van der Waals surface area contributed by atoms with E-state index < -0.39 is 0 Å². The Morgan fingerprint density at radius 1 is 1.05 bits per heavy atom. The Kier molecular flexibility index (Phi) is 5.49. The molecule has 0 aliphatic rings. The maximum Gasteiger partial charge on any atom is 0.159 e. The molecule has 0 N–H and O–H groups in total. The van der Waals surface area contributed by atoms with E-state index in [0.29, 0.717) is 5.92 Å². The van der Waals surface area contributed by atoms with Gasteiger partial charge < -0.3 is 0 Å². The molecule has 0 atom stereocenters. The van der Waals surface area contributed by atoms with Gasteiger partial charge in [0.25, 0.3) is 0 Å². The van der Waals surface area contributed by atoms with E-state index in [4.69, 9.17) is 0 Å². The molecule has 0 saturated heterocycles. The van der Waals surface area contributed by atoms with E-state index in [1.807, 2.05) is 6.20 Å². The first-order chi connectivity index (χ1) is 10.1. The van der Waals surface area contributed by atoms with E-state index >= 15 is 0 Å². The molecular formula is C19H26N2. The van der Waals surface area contributed by atoms with Crippen LogP contribution in [0.1, 0.15) is 62.8 Å². The minimum atomic E-state index is 0.472. The number of nitrogens with zero attached hydrogens (tertiary/aromatic N) is 2. The smallest absolute Gasteiger partial charge is 0.159 e. The topological polar surface area (TPSA) is 25.8 Å². The van der Waals surface area contributed by atoms with Crippen LogP contribution in [0.2, 0.25) is 0 Å². The van der Waals surface area contributed by atoms with Crippen molar-refractivity contribution < 1.29 is 0 Å². The molecule has 2 nitrogen and oxygen atoms in total. The van der Waals surface area contributed by atoms with Crippen LogP contribution in [-0.2, 0) is 6.42 Å². The predicted octanol–water partition coefficient (Wildman–Crippen LogP) is 5.31. The number of aryl methyl sites for hydroxylation is 2. The number of hydrogen-bond acceptors (Lipinski definition) is 2. The van der Waals surface area contributed by atoms with Crippen molar-refractivity contribution in [2.45, 2.75) is 59.3 Å². The van der Waals surface area contributed by atoms with Crippen molar-refractivity contribution in [1.82, 2.24) is 9.97 Å². The zero-order chi connectivity index (χ0) is 15.2. The number of rotatable bonds is 6. The minimum absolute atomic E-state index is 0.472. The lowest BCUT2D eigenvalue weighted by Gasteiger charge is -2.10. The highest BCUT2D eigenvalue weighted by atomic mass is 14.9. The Balaban J connectivity index is 2.13. The molecule has 112 valence electrons. The van der Waals surface area contributed by atoms with Gasteiger partial charge in [-0.25, -0.2) is 9.97 Å². The van der Waals surface area contributed by atoms with Crippen molar-refractivity contribution >= 4 is 0 Å². The molecule has 0 aliphatic carbocycles. The monoisotopic (exact) mass is 282 g/mol. The fourth-order valence-corrected chi connectivity index (χ4v) is 2.58. The van der Waals surface area contributed by atoms with Crippen LogP contribution in [-0.4, -0.2) is 9.97 Å². The lowest BCUT2D eigenvalue weighted by Crippen LogP contribution is -1.99. The normalized spacial score (nSPS) is 11.1. The van der Waals surface area contributed by atoms with Gasteiger partial charge >= 0.3 is 0 Å². The molecule has 0 radical (unpaired) electrons. The molecule has 2 rings (SSSR count). The predicted molar refractivity (Wildman–Crippen MR) is 89.5 cm³/mol. The summed E-state index contributed by atoms with van der Waals surface area (Å²) < 4.78 is 0. The molecule has 0 unspecified atom stereocenters. The molecule has 1 aromatic heterocycles. The zero-order valence-electron chi connectivity index (χ0n) is 13.7. The van der Waals surface area contributed by atoms with Crippen molar-refractivity contribution in [3.63, 3.8) is 0 Å². The summed E-state index contributed by atoms with van der Waals surface area (Å²) in [5, 5.41) is 0. The van der Waals surface area contributed by atoms with Crippen LogP contribution < -0.4 is 0 Å². The van der Waals surface area contributed by atoms with Crippen molar-refractivity contribution in [1.29, 1.82) is 0 Å². The first-order valence-corrected chi connectivity index (χ1v) is 8.04. The standard InChI is InChI=1S/C19H26N2/c1-5-6-7-8-16-9-11-17(12-10-16)19-20-13-18(14(2)3)15(4)21-19/h9-14H,5-8H2,1-4H3. The van der Waals surface area contributed by atoms with Crippen molar-refractivity contribution in [3.05, 3.63) is 47.3 Å². The summed E-state index contributed by atoms with van der Waals surface area (Å²) in [7, 11) is 0. The molecule has 21 heavy (non-hydrogen) atoms. The molecule has 2 aromatic rings. The van der Waals surface area contributed by atoms with Crippen LogP contribution in [0, 0.1) is 6.92 Å². The van der Waals surface area contributed by atoms with Gasteiger partial charge in [-0.3, -0.25) is 0 Å². The zero-order valence-corrected chi connectivity index (χ0v) is 13.7. The van der Waals surface area contributed by atoms with Gasteiger partial charge in [-0.15, -0.1) is 0 Å². The highest BCUT2D eigenvalue weighted by molar-refractivity contribution is 5.55. The summed E-state index contributed by atoms with van der Waals surface area (Å²) in [5.41, 5.74) is 4.83. The molecule has 0 spiro atoms. The Morgan fingerprint density at radius 3 is 2.33 bits per heavy atom. The second-order valence-electron chi connectivity index (χ2n) is 6.04. The summed E-state index contributed by atoms with van der Waals surface area (Å²) in [5.74, 6) is 1.30. The van der Waals surface area contributed by atoms with Gasteiger partial charge in [-0.2, -0.15) is 0 Å². The molecule has 1 heterocycles. The summed E-state index contributed by atoms with van der Waals surface area (Å²) in [4.78, 5) is 9.18. The maximum absolute atomic E-state index is 4.66. The van der Waals surface area contributed by atoms with E-state index in [-0.39, 0.29) is 0 Å². The largest absolute Gasteiger partial charge is 0.236 e. The van der Waals surface area contributed by atoms with E-state index in [1.54, 1.807) is 0 Å². The first-order valence-electron chi connectivity index (χ1n) is 8.04. The van der Waals surface area contributed by atoms with Crippen LogP contribution in [0.3, 0.4) is 0 Å². The molecule has 2 heteroatoms. The van der Waals surface area contributed by atoms with Crippen molar-refractivity contribution in [3.8, 4) is 11.4 Å². The molecular weight excluding hydrogens is 256 g/mol. The van der Waals surface area contributed by atoms with Gasteiger partial charge in [-0.1, -0.05) is 57.9 Å². The Morgan fingerprint density at radius 2 is 1.76 bits per heavy atom. The number of unbranched alkanes of at least 4 members (excludes halogenated alkanes) is 2. The Bertz CT molecular complexity index is 571. The van der Waals surface area contributed by atoms with Gasteiger partial charge in [0, 0.05) is 17.5 Å². The van der Waals surface area contributed by atoms with Crippen LogP contribution in [0.5, 0.6) is 0 Å². The third kappa shape index (κ3) is 4.13. The van der Waals surface area contributed by atoms with Gasteiger partial charge in [0.05, 0.1) is 0 Å². The van der Waals surface area contributed by atoms with Gasteiger partial charge in [0.15, 0.2) is 5.82 Å². The highest BCUT2D eigenvalue weighted by Gasteiger charge is 2.08. The number of benzene rings is 1. The van der Waals surface area contributed by atoms with E-state index in [1.165, 1.54) is 36.8 Å². The Labute approximate surface area is 128 Å². The van der Waals surface area contributed by atoms with E-state index in [9.17, 15) is 0 Å². The maximum atomic E-state index is 4.66. The second kappa shape index (κ2) is 7.35. The van der Waals surface area contributed by atoms with Crippen LogP contribution >= 0.6 is 0 Å². The third-order valence-electron chi connectivity index (χ3n) is 3.92. The van der Waals surface area contributed by atoms with E-state index in [0.717, 1.165) is 17.1 Å². The summed E-state index contributed by atoms with van der Waals surface area (Å²) >= 11 is 0. The van der Waals surface area contributed by atoms with Crippen molar-refractivity contribution in [2.24, 2.45) is 0 Å².